The van der Waals surface area contributed by atoms with Gasteiger partial charge in [-0.3, -0.25) is 4.79 Å². The number of carbonyl (C=O) groups excluding carboxylic acids is 1. The zero-order valence-electron chi connectivity index (χ0n) is 32.3. The van der Waals surface area contributed by atoms with Crippen LogP contribution in [0.25, 0.3) is 44.8 Å². The number of hydrogen-bond donors (Lipinski definition) is 1. The Kier molecular flexibility index (Phi) is 11.4. The van der Waals surface area contributed by atoms with Gasteiger partial charge in [0.25, 0.3) is 0 Å². The minimum absolute atomic E-state index is 0.115. The number of nitrogens with zero attached hydrogens (tertiary/aromatic N) is 5. The third-order valence-corrected chi connectivity index (χ3v) is 9.98. The summed E-state index contributed by atoms with van der Waals surface area (Å²) in [4.78, 5) is 34.9. The Hall–Kier alpha value is -5.20. The van der Waals surface area contributed by atoms with Gasteiger partial charge in [0.2, 0.25) is 11.5 Å². The van der Waals surface area contributed by atoms with E-state index in [4.69, 9.17) is 47.9 Å². The molecule has 1 fully saturated rings. The maximum absolute atomic E-state index is 13.4. The number of methoxy groups -OCH3 is 6. The number of rotatable bonds is 10. The fraction of sp³-hybridized carbons (Fsp3) is 0.359. The lowest BCUT2D eigenvalue weighted by Gasteiger charge is -2.40. The molecule has 0 saturated carbocycles. The highest BCUT2D eigenvalue weighted by Gasteiger charge is 2.43. The Morgan fingerprint density at radius 3 is 1.69 bits per heavy atom. The molecule has 1 N–H and O–H groups in total. The lowest BCUT2D eigenvalue weighted by atomic mass is 9.83. The van der Waals surface area contributed by atoms with Crippen molar-refractivity contribution in [3.8, 4) is 57.0 Å². The van der Waals surface area contributed by atoms with Crippen molar-refractivity contribution < 1.29 is 42.7 Å². The zero-order chi connectivity index (χ0) is 39.7. The summed E-state index contributed by atoms with van der Waals surface area (Å²) in [6.45, 7) is 6.01. The third kappa shape index (κ3) is 7.70. The highest BCUT2D eigenvalue weighted by molar-refractivity contribution is 14.1. The van der Waals surface area contributed by atoms with E-state index in [1.807, 2.05) is 50.7 Å². The first-order valence-electron chi connectivity index (χ1n) is 17.0. The minimum Gasteiger partial charge on any atom is -0.493 e. The number of aryl methyl sites for hydroxylation is 1. The standard InChI is InChI=1S/C23H27N3O6.C16H16IN3O3/c1-22(2)31-11-23(3,12-32-22)20(27)14-9-24-21-18(14)26-15(10-25-21)13-7-16(28-4)19(30-6)17(8-13)29-5;1-20-8-10(17)14-16(20)18-7-11(19-14)9-5-12(21-2)15(23-4)13(6-9)22-3/h7-10H,11-12H2,1-6H3,(H,24,25);5-8H,1-4H3. The number of carbonyl (C=O) groups is 1. The predicted molar refractivity (Wildman–Crippen MR) is 214 cm³/mol. The van der Waals surface area contributed by atoms with Gasteiger partial charge >= 0.3 is 0 Å². The molecule has 0 radical (unpaired) electrons. The van der Waals surface area contributed by atoms with E-state index in [-0.39, 0.29) is 19.0 Å². The second-order valence-electron chi connectivity index (χ2n) is 13.4. The van der Waals surface area contributed by atoms with Gasteiger partial charge in [-0.1, -0.05) is 0 Å². The smallest absolute Gasteiger partial charge is 0.203 e. The van der Waals surface area contributed by atoms with Crippen LogP contribution in [-0.4, -0.2) is 96.9 Å². The van der Waals surface area contributed by atoms with E-state index in [0.717, 1.165) is 26.0 Å². The predicted octanol–water partition coefficient (Wildman–Crippen LogP) is 6.89. The molecule has 0 aliphatic carbocycles. The molecule has 0 amide bonds. The fourth-order valence-electron chi connectivity index (χ4n) is 6.10. The number of benzene rings is 2. The van der Waals surface area contributed by atoms with Crippen molar-refractivity contribution in [2.75, 3.05) is 55.9 Å². The van der Waals surface area contributed by atoms with Crippen LogP contribution in [0.3, 0.4) is 0 Å². The largest absolute Gasteiger partial charge is 0.493 e. The first-order valence-corrected chi connectivity index (χ1v) is 18.1. The molecule has 7 rings (SSSR count). The molecule has 15 nitrogen and oxygen atoms in total. The van der Waals surface area contributed by atoms with Gasteiger partial charge in [0.1, 0.15) is 11.0 Å². The maximum Gasteiger partial charge on any atom is 0.203 e. The lowest BCUT2D eigenvalue weighted by molar-refractivity contribution is -0.272. The number of halogens is 1. The molecule has 290 valence electrons. The topological polar surface area (TPSA) is 163 Å². The zero-order valence-corrected chi connectivity index (χ0v) is 34.5. The average Bonchev–Trinajstić information content (AvgIpc) is 3.76. The van der Waals surface area contributed by atoms with E-state index in [2.05, 4.69) is 37.5 Å². The van der Waals surface area contributed by atoms with E-state index < -0.39 is 11.2 Å². The van der Waals surface area contributed by atoms with Crippen molar-refractivity contribution in [3.63, 3.8) is 0 Å². The molecule has 1 saturated heterocycles. The van der Waals surface area contributed by atoms with Crippen LogP contribution in [0.15, 0.2) is 49.1 Å². The van der Waals surface area contributed by atoms with Crippen LogP contribution in [0.5, 0.6) is 34.5 Å². The van der Waals surface area contributed by atoms with E-state index in [1.54, 1.807) is 73.4 Å². The van der Waals surface area contributed by atoms with Crippen molar-refractivity contribution >= 4 is 50.7 Å². The first kappa shape index (κ1) is 39.5. The van der Waals surface area contributed by atoms with Gasteiger partial charge in [-0.15, -0.1) is 0 Å². The van der Waals surface area contributed by atoms with Crippen LogP contribution >= 0.6 is 22.6 Å². The first-order chi connectivity index (χ1) is 26.3. The summed E-state index contributed by atoms with van der Waals surface area (Å²) in [6.07, 6.45) is 7.02. The number of H-pyrrole nitrogens is 1. The summed E-state index contributed by atoms with van der Waals surface area (Å²) in [6, 6.07) is 7.31. The molecule has 55 heavy (non-hydrogen) atoms. The minimum atomic E-state index is -0.825. The second kappa shape index (κ2) is 15.9. The number of Topliss-reactive ketones (excluding diaryl/α,β-unsaturated/α-hetero) is 1. The molecular formula is C39H43IN6O9. The number of aromatic nitrogens is 6. The lowest BCUT2D eigenvalue weighted by Crippen LogP contribution is -2.49. The molecule has 0 spiro atoms. The van der Waals surface area contributed by atoms with Crippen LogP contribution in [0, 0.1) is 8.99 Å². The molecule has 0 unspecified atom stereocenters. The number of ether oxygens (including phenoxy) is 8. The summed E-state index contributed by atoms with van der Waals surface area (Å²) < 4.78 is 46.9. The van der Waals surface area contributed by atoms with E-state index >= 15 is 0 Å². The summed E-state index contributed by atoms with van der Waals surface area (Å²) in [5.74, 6) is 2.40. The molecule has 16 heteroatoms. The van der Waals surface area contributed by atoms with Crippen LogP contribution in [0.4, 0.5) is 0 Å². The Balaban J connectivity index is 0.000000197. The molecule has 1 aliphatic heterocycles. The highest BCUT2D eigenvalue weighted by atomic mass is 127. The van der Waals surface area contributed by atoms with E-state index in [1.165, 1.54) is 0 Å². The van der Waals surface area contributed by atoms with Crippen molar-refractivity contribution in [3.05, 3.63) is 58.2 Å². The van der Waals surface area contributed by atoms with Gasteiger partial charge in [0, 0.05) is 30.6 Å². The van der Waals surface area contributed by atoms with Crippen LogP contribution in [0.2, 0.25) is 0 Å². The maximum atomic E-state index is 13.4. The fourth-order valence-corrected chi connectivity index (χ4v) is 6.88. The summed E-state index contributed by atoms with van der Waals surface area (Å²) in [5.41, 5.74) is 5.22. The Bertz CT molecular complexity index is 2310. The van der Waals surface area contributed by atoms with Crippen LogP contribution in [-0.2, 0) is 16.5 Å². The van der Waals surface area contributed by atoms with Crippen molar-refractivity contribution in [2.45, 2.75) is 26.6 Å². The average molecular weight is 867 g/mol. The second-order valence-corrected chi connectivity index (χ2v) is 14.5. The monoisotopic (exact) mass is 866 g/mol. The Morgan fingerprint density at radius 2 is 1.22 bits per heavy atom. The van der Waals surface area contributed by atoms with Gasteiger partial charge < -0.3 is 47.4 Å². The summed E-state index contributed by atoms with van der Waals surface area (Å²) in [7, 11) is 11.4. The normalized spacial score (nSPS) is 14.5. The van der Waals surface area contributed by atoms with Crippen LogP contribution in [0.1, 0.15) is 31.1 Å². The SMILES string of the molecule is COc1cc(-c2cnc3[nH]cc(C(=O)C4(C)COC(C)(C)OC4)c3n2)cc(OC)c1OC.COc1cc(-c2cnc3c(n2)c(I)cn3C)cc(OC)c1OC. The number of nitrogens with one attached hydrogen (secondary N) is 1. The summed E-state index contributed by atoms with van der Waals surface area (Å²) >= 11 is 2.26. The van der Waals surface area contributed by atoms with Crippen molar-refractivity contribution in [1.82, 2.24) is 29.5 Å². The molecule has 0 atom stereocenters. The van der Waals surface area contributed by atoms with Gasteiger partial charge in [0.05, 0.1) is 94.2 Å². The van der Waals surface area contributed by atoms with Crippen molar-refractivity contribution in [2.24, 2.45) is 12.5 Å². The van der Waals surface area contributed by atoms with Gasteiger partial charge in [0.15, 0.2) is 45.9 Å². The van der Waals surface area contributed by atoms with Gasteiger partial charge in [-0.05, 0) is 67.6 Å². The Labute approximate surface area is 331 Å². The highest BCUT2D eigenvalue weighted by Crippen LogP contribution is 2.42. The quantitative estimate of drug-likeness (QED) is 0.112. The van der Waals surface area contributed by atoms with Crippen molar-refractivity contribution in [1.29, 1.82) is 0 Å². The van der Waals surface area contributed by atoms with Crippen LogP contribution < -0.4 is 28.4 Å². The molecule has 5 heterocycles. The molecule has 4 aromatic heterocycles. The Morgan fingerprint density at radius 1 is 0.745 bits per heavy atom. The number of aromatic amines is 1. The number of hydrogen-bond acceptors (Lipinski definition) is 13. The molecule has 0 bridgehead atoms. The van der Waals surface area contributed by atoms with Gasteiger partial charge in [-0.25, -0.2) is 19.9 Å². The number of fused-ring (bicyclic) bond motifs is 2. The molecule has 6 aromatic rings. The van der Waals surface area contributed by atoms with E-state index in [9.17, 15) is 4.79 Å². The summed E-state index contributed by atoms with van der Waals surface area (Å²) in [5, 5.41) is 0. The molecule has 1 aliphatic rings. The third-order valence-electron chi connectivity index (χ3n) is 9.19. The number of ketones is 1. The van der Waals surface area contributed by atoms with E-state index in [0.29, 0.717) is 62.5 Å². The molecule has 2 aromatic carbocycles. The van der Waals surface area contributed by atoms with Gasteiger partial charge in [-0.2, -0.15) is 0 Å². The molecular weight excluding hydrogens is 823 g/mol.